The van der Waals surface area contributed by atoms with E-state index in [0.29, 0.717) is 28.4 Å². The highest BCUT2D eigenvalue weighted by atomic mass is 127. The van der Waals surface area contributed by atoms with Crippen LogP contribution in [0.15, 0.2) is 42.5 Å². The number of fused-ring (bicyclic) bond motifs is 1. The predicted octanol–water partition coefficient (Wildman–Crippen LogP) is 4.07. The Bertz CT molecular complexity index is 1200. The normalized spacial score (nSPS) is 28.5. The molecule has 1 N–H and O–H groups in total. The Morgan fingerprint density at radius 2 is 1.74 bits per heavy atom. The van der Waals surface area contributed by atoms with Crippen molar-refractivity contribution in [2.75, 3.05) is 0 Å². The zero-order valence-corrected chi connectivity index (χ0v) is 20.3. The van der Waals surface area contributed by atoms with Crippen molar-refractivity contribution in [3.63, 3.8) is 0 Å². The van der Waals surface area contributed by atoms with Crippen molar-refractivity contribution in [2.45, 2.75) is 31.5 Å². The van der Waals surface area contributed by atoms with Crippen LogP contribution in [0.4, 0.5) is 8.78 Å². The largest absolute Gasteiger partial charge is 0.507 e. The minimum Gasteiger partial charge on any atom is -0.507 e. The molecule has 2 aromatic carbocycles. The molecule has 2 saturated carbocycles. The van der Waals surface area contributed by atoms with E-state index in [9.17, 15) is 28.3 Å². The summed E-state index contributed by atoms with van der Waals surface area (Å²) in [6, 6.07) is 10.9. The lowest BCUT2D eigenvalue weighted by Crippen LogP contribution is -2.46. The van der Waals surface area contributed by atoms with Crippen LogP contribution in [0, 0.1) is 27.2 Å². The van der Waals surface area contributed by atoms with Crippen molar-refractivity contribution in [3.8, 4) is 23.0 Å². The molecule has 1 heterocycles. The molecular formula is C24H19F2IO8. The zero-order chi connectivity index (χ0) is 25.1. The van der Waals surface area contributed by atoms with Gasteiger partial charge in [0.15, 0.2) is 0 Å². The van der Waals surface area contributed by atoms with Crippen molar-refractivity contribution in [1.82, 2.24) is 0 Å². The monoisotopic (exact) mass is 600 g/mol. The maximum Gasteiger partial charge on any atom is 0.377 e. The molecule has 35 heavy (non-hydrogen) atoms. The third-order valence-electron chi connectivity index (χ3n) is 6.62. The minimum absolute atomic E-state index is 0.138. The number of phenolic OH excluding ortho intramolecular Hbond substituents is 1. The third-order valence-corrected chi connectivity index (χ3v) is 7.48. The molecule has 6 atom stereocenters. The Labute approximate surface area is 211 Å². The Balaban J connectivity index is 1.28. The van der Waals surface area contributed by atoms with Crippen LogP contribution in [-0.4, -0.2) is 41.1 Å². The molecule has 5 rings (SSSR count). The van der Waals surface area contributed by atoms with Crippen LogP contribution < -0.4 is 9.47 Å². The van der Waals surface area contributed by atoms with Gasteiger partial charge in [0.25, 0.3) is 0 Å². The van der Waals surface area contributed by atoms with Crippen LogP contribution in [0.1, 0.15) is 13.3 Å². The summed E-state index contributed by atoms with van der Waals surface area (Å²) in [4.78, 5) is 37.2. The summed E-state index contributed by atoms with van der Waals surface area (Å²) in [7, 11) is 0. The second-order valence-corrected chi connectivity index (χ2v) is 10.0. The van der Waals surface area contributed by atoms with Gasteiger partial charge in [-0.25, -0.2) is 4.79 Å². The third kappa shape index (κ3) is 4.30. The van der Waals surface area contributed by atoms with Crippen LogP contribution in [0.3, 0.4) is 0 Å². The number of benzene rings is 2. The molecule has 1 aliphatic heterocycles. The van der Waals surface area contributed by atoms with Gasteiger partial charge in [-0.05, 0) is 71.5 Å². The first-order chi connectivity index (χ1) is 16.5. The molecule has 0 aromatic heterocycles. The van der Waals surface area contributed by atoms with Crippen molar-refractivity contribution >= 4 is 40.5 Å². The number of phenols is 1. The van der Waals surface area contributed by atoms with Gasteiger partial charge in [0, 0.05) is 18.8 Å². The number of alkyl halides is 2. The number of carbonyl (C=O) groups is 3. The van der Waals surface area contributed by atoms with Crippen molar-refractivity contribution in [1.29, 1.82) is 0 Å². The van der Waals surface area contributed by atoms with Gasteiger partial charge in [-0.3, -0.25) is 9.59 Å². The van der Waals surface area contributed by atoms with Crippen molar-refractivity contribution in [3.05, 3.63) is 46.0 Å². The van der Waals surface area contributed by atoms with Gasteiger partial charge in [-0.1, -0.05) is 0 Å². The van der Waals surface area contributed by atoms with E-state index in [1.165, 1.54) is 18.2 Å². The number of ether oxygens (including phenoxy) is 4. The molecule has 3 fully saturated rings. The topological polar surface area (TPSA) is 108 Å². The van der Waals surface area contributed by atoms with Gasteiger partial charge < -0.3 is 24.1 Å². The molecule has 8 nitrogen and oxygen atoms in total. The first-order valence-electron chi connectivity index (χ1n) is 10.8. The highest BCUT2D eigenvalue weighted by Gasteiger charge is 2.70. The zero-order valence-electron chi connectivity index (χ0n) is 18.2. The lowest BCUT2D eigenvalue weighted by Gasteiger charge is -2.30. The fourth-order valence-electron chi connectivity index (χ4n) is 5.14. The Morgan fingerprint density at radius 3 is 2.40 bits per heavy atom. The summed E-state index contributed by atoms with van der Waals surface area (Å²) >= 11 is 1.97. The fraction of sp³-hybridized carbons (Fsp3) is 0.375. The molecule has 184 valence electrons. The maximum absolute atomic E-state index is 13.4. The molecule has 6 unspecified atom stereocenters. The first kappa shape index (κ1) is 23.8. The van der Waals surface area contributed by atoms with Crippen LogP contribution in [0.2, 0.25) is 0 Å². The van der Waals surface area contributed by atoms with E-state index in [4.69, 9.17) is 18.9 Å². The average Bonchev–Trinajstić information content (AvgIpc) is 3.41. The predicted molar refractivity (Wildman–Crippen MR) is 122 cm³/mol. The number of halogens is 3. The Kier molecular flexibility index (Phi) is 5.85. The van der Waals surface area contributed by atoms with Gasteiger partial charge in [-0.2, -0.15) is 8.78 Å². The number of esters is 3. The van der Waals surface area contributed by atoms with Gasteiger partial charge in [0.05, 0.1) is 15.4 Å². The molecule has 2 bridgehead atoms. The summed E-state index contributed by atoms with van der Waals surface area (Å²) in [5, 5.41) is 9.61. The lowest BCUT2D eigenvalue weighted by atomic mass is 9.78. The smallest absolute Gasteiger partial charge is 0.377 e. The maximum atomic E-state index is 13.4. The second kappa shape index (κ2) is 8.61. The first-order valence-corrected chi connectivity index (χ1v) is 11.9. The quantitative estimate of drug-likeness (QED) is 0.301. The van der Waals surface area contributed by atoms with E-state index >= 15 is 0 Å². The van der Waals surface area contributed by atoms with Crippen LogP contribution in [0.25, 0.3) is 0 Å². The minimum atomic E-state index is -3.71. The number of aromatic hydroxyl groups is 1. The van der Waals surface area contributed by atoms with Crippen LogP contribution in [0.5, 0.6) is 23.0 Å². The van der Waals surface area contributed by atoms with Crippen LogP contribution >= 0.6 is 22.6 Å². The second-order valence-electron chi connectivity index (χ2n) is 8.88. The standard InChI is InChI=1S/C24H19F2IO8/c1-24(25,26)23(31)35-20-14-9-13-18(22(30)34-19(13)20)17(14)21(29)33-11-4-2-10(3-5-11)32-12-6-7-16(28)15(27)8-12/h2-8,13-14,17-20,28H,9H2,1H3. The highest BCUT2D eigenvalue weighted by molar-refractivity contribution is 14.1. The van der Waals surface area contributed by atoms with Crippen LogP contribution in [-0.2, 0) is 23.9 Å². The van der Waals surface area contributed by atoms with E-state index in [1.807, 2.05) is 22.6 Å². The Hall–Kier alpha value is -2.96. The van der Waals surface area contributed by atoms with Gasteiger partial charge >= 0.3 is 23.8 Å². The van der Waals surface area contributed by atoms with Crippen molar-refractivity contribution in [2.24, 2.45) is 23.7 Å². The molecule has 1 saturated heterocycles. The molecule has 0 amide bonds. The summed E-state index contributed by atoms with van der Waals surface area (Å²) in [5.74, 6) is -8.23. The SMILES string of the molecule is CC(F)(F)C(=O)OC1C2CC3C1OC(=O)C3C2C(=O)Oc1ccc(Oc2ccc(O)c(I)c2)cc1. The number of hydrogen-bond donors (Lipinski definition) is 1. The molecule has 0 radical (unpaired) electrons. The van der Waals surface area contributed by atoms with Gasteiger partial charge in [-0.15, -0.1) is 0 Å². The van der Waals surface area contributed by atoms with E-state index in [-0.39, 0.29) is 11.5 Å². The lowest BCUT2D eigenvalue weighted by molar-refractivity contribution is -0.185. The average molecular weight is 600 g/mol. The molecule has 11 heteroatoms. The fourth-order valence-corrected chi connectivity index (χ4v) is 5.63. The summed E-state index contributed by atoms with van der Waals surface area (Å²) in [6.45, 7) is 0.424. The van der Waals surface area contributed by atoms with E-state index in [0.717, 1.165) is 0 Å². The number of rotatable bonds is 6. The summed E-state index contributed by atoms with van der Waals surface area (Å²) in [6.07, 6.45) is -1.61. The number of carbonyl (C=O) groups excluding carboxylic acids is 3. The molecule has 0 spiro atoms. The molecule has 2 aromatic rings. The molecule has 2 aliphatic carbocycles. The van der Waals surface area contributed by atoms with Gasteiger partial charge in [0.2, 0.25) is 0 Å². The summed E-state index contributed by atoms with van der Waals surface area (Å²) in [5.41, 5.74) is 0. The molecular weight excluding hydrogens is 581 g/mol. The molecule has 3 aliphatic rings. The Morgan fingerprint density at radius 1 is 1.09 bits per heavy atom. The van der Waals surface area contributed by atoms with Gasteiger partial charge in [0.1, 0.15) is 35.2 Å². The highest BCUT2D eigenvalue weighted by Crippen LogP contribution is 2.59. The van der Waals surface area contributed by atoms with E-state index in [1.54, 1.807) is 24.3 Å². The van der Waals surface area contributed by atoms with E-state index in [2.05, 4.69) is 0 Å². The number of hydrogen-bond acceptors (Lipinski definition) is 8. The van der Waals surface area contributed by atoms with E-state index < -0.39 is 59.7 Å². The summed E-state index contributed by atoms with van der Waals surface area (Å²) < 4.78 is 48.9. The van der Waals surface area contributed by atoms with Crippen molar-refractivity contribution < 1.29 is 47.2 Å².